The zero-order valence-corrected chi connectivity index (χ0v) is 11.8. The molecule has 0 radical (unpaired) electrons. The number of aromatic amines is 1. The lowest BCUT2D eigenvalue weighted by atomic mass is 9.51. The van der Waals surface area contributed by atoms with Crippen molar-refractivity contribution in [3.05, 3.63) is 16.0 Å². The predicted molar refractivity (Wildman–Crippen MR) is 74.5 cm³/mol. The van der Waals surface area contributed by atoms with Crippen molar-refractivity contribution >= 4 is 11.3 Å². The van der Waals surface area contributed by atoms with E-state index >= 15 is 0 Å². The van der Waals surface area contributed by atoms with Crippen LogP contribution in [0.4, 0.5) is 0 Å². The van der Waals surface area contributed by atoms with Gasteiger partial charge >= 0.3 is 0 Å². The van der Waals surface area contributed by atoms with Crippen molar-refractivity contribution < 1.29 is 4.63 Å². The molecule has 0 spiro atoms. The molecule has 110 valence electrons. The fraction of sp³-hybridized carbons (Fsp3) is 0.733. The smallest absolute Gasteiger partial charge is 0.271 e. The van der Waals surface area contributed by atoms with Crippen LogP contribution in [0.2, 0.25) is 0 Å². The molecule has 4 saturated carbocycles. The third-order valence-electron chi connectivity index (χ3n) is 6.06. The maximum atomic E-state index is 12.2. The lowest BCUT2D eigenvalue weighted by Crippen LogP contribution is -2.46. The van der Waals surface area contributed by atoms with E-state index in [-0.39, 0.29) is 5.56 Å². The summed E-state index contributed by atoms with van der Waals surface area (Å²) in [4.78, 5) is 19.3. The van der Waals surface area contributed by atoms with E-state index in [1.807, 2.05) is 0 Å². The Morgan fingerprint density at radius 3 is 2.48 bits per heavy atom. The third-order valence-corrected chi connectivity index (χ3v) is 6.06. The molecule has 0 unspecified atom stereocenters. The van der Waals surface area contributed by atoms with Crippen LogP contribution in [0.1, 0.15) is 37.8 Å². The second kappa shape index (κ2) is 4.15. The van der Waals surface area contributed by atoms with Crippen molar-refractivity contribution in [1.82, 2.24) is 20.3 Å². The van der Waals surface area contributed by atoms with E-state index in [2.05, 4.69) is 24.9 Å². The molecular formula is C15H18N4O2. The average Bonchev–Trinajstić information content (AvgIpc) is 2.89. The Kier molecular flexibility index (Phi) is 2.35. The lowest BCUT2D eigenvalue weighted by Gasteiger charge is -2.54. The van der Waals surface area contributed by atoms with Crippen LogP contribution in [0.25, 0.3) is 11.3 Å². The van der Waals surface area contributed by atoms with E-state index in [4.69, 9.17) is 0 Å². The Bertz CT molecular complexity index is 721. The number of aromatic nitrogens is 4. The van der Waals surface area contributed by atoms with Crippen molar-refractivity contribution in [2.24, 2.45) is 29.6 Å². The molecule has 0 aromatic carbocycles. The summed E-state index contributed by atoms with van der Waals surface area (Å²) in [5.41, 5.74) is 1.23. The fourth-order valence-electron chi connectivity index (χ4n) is 5.43. The van der Waals surface area contributed by atoms with Crippen molar-refractivity contribution in [2.75, 3.05) is 0 Å². The van der Waals surface area contributed by atoms with Gasteiger partial charge in [0.25, 0.3) is 5.56 Å². The zero-order valence-electron chi connectivity index (χ0n) is 11.8. The summed E-state index contributed by atoms with van der Waals surface area (Å²) in [5, 5.41) is 7.37. The molecule has 0 saturated heterocycles. The molecule has 4 aliphatic carbocycles. The van der Waals surface area contributed by atoms with E-state index in [0.29, 0.717) is 22.9 Å². The topological polar surface area (TPSA) is 84.7 Å². The number of nitrogens with one attached hydrogen (secondary N) is 1. The van der Waals surface area contributed by atoms with E-state index in [0.717, 1.165) is 30.1 Å². The van der Waals surface area contributed by atoms with Gasteiger partial charge in [-0.3, -0.25) is 9.78 Å². The first-order valence-corrected chi connectivity index (χ1v) is 7.97. The van der Waals surface area contributed by atoms with Gasteiger partial charge in [-0.1, -0.05) is 0 Å². The van der Waals surface area contributed by atoms with E-state index < -0.39 is 0 Å². The summed E-state index contributed by atoms with van der Waals surface area (Å²) >= 11 is 0. The van der Waals surface area contributed by atoms with Crippen LogP contribution in [0.15, 0.2) is 9.42 Å². The normalized spacial score (nSPS) is 37.4. The number of H-pyrrole nitrogens is 1. The summed E-state index contributed by atoms with van der Waals surface area (Å²) in [6.07, 6.45) is 7.70. The highest BCUT2D eigenvalue weighted by molar-refractivity contribution is 5.62. The van der Waals surface area contributed by atoms with Crippen LogP contribution < -0.4 is 5.56 Å². The predicted octanol–water partition coefficient (Wildman–Crippen LogP) is 1.92. The summed E-state index contributed by atoms with van der Waals surface area (Å²) in [7, 11) is 0. The molecule has 2 aromatic rings. The summed E-state index contributed by atoms with van der Waals surface area (Å²) in [6.45, 7) is 0. The Hall–Kier alpha value is -1.72. The van der Waals surface area contributed by atoms with Gasteiger partial charge in [0.15, 0.2) is 0 Å². The standard InChI is InChI=1S/C15H18N4O2/c20-15-12(16-13-14(17-15)19-21-18-13)6-11-9-2-7-1-8(4-9)5-10(11)3-7/h7-11H,1-6H2,(H,17,19,20). The van der Waals surface area contributed by atoms with Gasteiger partial charge in [0, 0.05) is 0 Å². The molecule has 2 aromatic heterocycles. The van der Waals surface area contributed by atoms with Crippen molar-refractivity contribution in [3.63, 3.8) is 0 Å². The molecule has 0 aliphatic heterocycles. The van der Waals surface area contributed by atoms with Gasteiger partial charge < -0.3 is 0 Å². The molecule has 2 heterocycles. The van der Waals surface area contributed by atoms with Gasteiger partial charge in [-0.25, -0.2) is 9.61 Å². The molecule has 1 N–H and O–H groups in total. The van der Waals surface area contributed by atoms with Gasteiger partial charge in [0.2, 0.25) is 11.3 Å². The van der Waals surface area contributed by atoms with E-state index in [1.54, 1.807) is 0 Å². The molecule has 4 fully saturated rings. The van der Waals surface area contributed by atoms with Crippen molar-refractivity contribution in [3.8, 4) is 0 Å². The van der Waals surface area contributed by atoms with E-state index in [9.17, 15) is 4.79 Å². The minimum Gasteiger partial charge on any atom is -0.299 e. The second-order valence-corrected chi connectivity index (χ2v) is 7.25. The molecule has 21 heavy (non-hydrogen) atoms. The Morgan fingerprint density at radius 1 is 1.05 bits per heavy atom. The first-order chi connectivity index (χ1) is 10.3. The van der Waals surface area contributed by atoms with Crippen LogP contribution in [0.3, 0.4) is 0 Å². The fourth-order valence-corrected chi connectivity index (χ4v) is 5.43. The number of hydrogen-bond donors (Lipinski definition) is 1. The first-order valence-electron chi connectivity index (χ1n) is 7.97. The van der Waals surface area contributed by atoms with Crippen molar-refractivity contribution in [2.45, 2.75) is 38.5 Å². The summed E-state index contributed by atoms with van der Waals surface area (Å²) in [6, 6.07) is 0. The zero-order chi connectivity index (χ0) is 14.0. The minimum atomic E-state index is -0.132. The van der Waals surface area contributed by atoms with Crippen LogP contribution in [-0.2, 0) is 6.42 Å². The Morgan fingerprint density at radius 2 is 1.76 bits per heavy atom. The monoisotopic (exact) mass is 286 g/mol. The third kappa shape index (κ3) is 1.77. The first kappa shape index (κ1) is 11.9. The number of hydrogen-bond acceptors (Lipinski definition) is 5. The van der Waals surface area contributed by atoms with Crippen molar-refractivity contribution in [1.29, 1.82) is 0 Å². The van der Waals surface area contributed by atoms with E-state index in [1.165, 1.54) is 32.1 Å². The Balaban J connectivity index is 1.48. The lowest BCUT2D eigenvalue weighted by molar-refractivity contribution is -0.0364. The molecule has 4 bridgehead atoms. The molecule has 6 heteroatoms. The van der Waals surface area contributed by atoms with Crippen LogP contribution in [-0.4, -0.2) is 20.3 Å². The maximum absolute atomic E-state index is 12.2. The highest BCUT2D eigenvalue weighted by Gasteiger charge is 2.48. The van der Waals surface area contributed by atoms with Gasteiger partial charge in [-0.05, 0) is 78.4 Å². The highest BCUT2D eigenvalue weighted by Crippen LogP contribution is 2.57. The molecule has 0 atom stereocenters. The minimum absolute atomic E-state index is 0.132. The molecule has 0 amide bonds. The maximum Gasteiger partial charge on any atom is 0.271 e. The van der Waals surface area contributed by atoms with Gasteiger partial charge in [-0.15, -0.1) is 0 Å². The van der Waals surface area contributed by atoms with Crippen LogP contribution >= 0.6 is 0 Å². The number of nitrogens with zero attached hydrogens (tertiary/aromatic N) is 3. The van der Waals surface area contributed by atoms with Crippen LogP contribution in [0.5, 0.6) is 0 Å². The molecule has 6 nitrogen and oxygen atoms in total. The molecular weight excluding hydrogens is 268 g/mol. The van der Waals surface area contributed by atoms with Gasteiger partial charge in [0.05, 0.1) is 0 Å². The quantitative estimate of drug-likeness (QED) is 0.911. The number of fused-ring (bicyclic) bond motifs is 1. The highest BCUT2D eigenvalue weighted by atomic mass is 16.6. The van der Waals surface area contributed by atoms with Gasteiger partial charge in [0.1, 0.15) is 5.69 Å². The number of rotatable bonds is 2. The Labute approximate surface area is 121 Å². The average molecular weight is 286 g/mol. The summed E-state index contributed by atoms with van der Waals surface area (Å²) in [5.74, 6) is 4.14. The molecule has 4 aliphatic rings. The largest absolute Gasteiger partial charge is 0.299 e. The van der Waals surface area contributed by atoms with Gasteiger partial charge in [-0.2, -0.15) is 0 Å². The summed E-state index contributed by atoms with van der Waals surface area (Å²) < 4.78 is 4.63. The SMILES string of the molecule is O=c1[nH]c2nonc2nc1CC1C2CC3CC(C2)CC1C3. The second-order valence-electron chi connectivity index (χ2n) is 7.25. The molecule has 6 rings (SSSR count). The van der Waals surface area contributed by atoms with Crippen LogP contribution in [0, 0.1) is 29.6 Å².